The Hall–Kier alpha value is -1.19. The fourth-order valence-corrected chi connectivity index (χ4v) is 4.01. The predicted octanol–water partition coefficient (Wildman–Crippen LogP) is 3.34. The minimum absolute atomic E-state index is 0.0152. The lowest BCUT2D eigenvalue weighted by atomic mass is 10.2. The van der Waals surface area contributed by atoms with Gasteiger partial charge in [0.15, 0.2) is 9.47 Å². The van der Waals surface area contributed by atoms with Gasteiger partial charge in [0.1, 0.15) is 0 Å². The third kappa shape index (κ3) is 4.92. The number of thioether (sulfide) groups is 1. The lowest BCUT2D eigenvalue weighted by Gasteiger charge is -2.09. The summed E-state index contributed by atoms with van der Waals surface area (Å²) in [7, 11) is 1.73. The van der Waals surface area contributed by atoms with Crippen molar-refractivity contribution in [3.63, 3.8) is 0 Å². The summed E-state index contributed by atoms with van der Waals surface area (Å²) >= 11 is 4.63. The highest BCUT2D eigenvalue weighted by atomic mass is 32.2. The quantitative estimate of drug-likeness (QED) is 0.766. The van der Waals surface area contributed by atoms with Gasteiger partial charge >= 0.3 is 0 Å². The van der Waals surface area contributed by atoms with E-state index in [1.54, 1.807) is 35.0 Å². The van der Waals surface area contributed by atoms with E-state index in [1.807, 2.05) is 5.38 Å². The topological polar surface area (TPSA) is 71.0 Å². The van der Waals surface area contributed by atoms with Gasteiger partial charge in [-0.3, -0.25) is 9.69 Å². The first-order valence-electron chi connectivity index (χ1n) is 6.84. The molecule has 0 aliphatic rings. The fourth-order valence-electron chi connectivity index (χ4n) is 1.42. The van der Waals surface area contributed by atoms with Gasteiger partial charge in [-0.1, -0.05) is 36.9 Å². The Balaban J connectivity index is 1.87. The summed E-state index contributed by atoms with van der Waals surface area (Å²) in [4.78, 5) is 17.3. The van der Waals surface area contributed by atoms with Gasteiger partial charge in [-0.15, -0.1) is 21.5 Å². The number of carbonyl (C=O) groups is 1. The van der Waals surface area contributed by atoms with E-state index in [9.17, 15) is 4.79 Å². The van der Waals surface area contributed by atoms with Gasteiger partial charge in [-0.2, -0.15) is 0 Å². The number of nitrogens with zero attached hydrogens (tertiary/aromatic N) is 4. The van der Waals surface area contributed by atoms with E-state index in [4.69, 9.17) is 0 Å². The van der Waals surface area contributed by atoms with Gasteiger partial charge in [0, 0.05) is 31.6 Å². The molecule has 1 amide bonds. The maximum absolute atomic E-state index is 11.3. The van der Waals surface area contributed by atoms with Crippen molar-refractivity contribution >= 4 is 50.6 Å². The van der Waals surface area contributed by atoms with Crippen molar-refractivity contribution in [2.45, 2.75) is 30.9 Å². The first kappa shape index (κ1) is 17.2. The molecular weight excluding hydrogens is 338 g/mol. The molecule has 0 saturated carbocycles. The van der Waals surface area contributed by atoms with Crippen LogP contribution in [0.1, 0.15) is 26.5 Å². The summed E-state index contributed by atoms with van der Waals surface area (Å²) in [5.41, 5.74) is 0.949. The smallest absolute Gasteiger partial charge is 0.225 e. The Labute approximate surface area is 142 Å². The van der Waals surface area contributed by atoms with Crippen molar-refractivity contribution in [3.05, 3.63) is 11.1 Å². The molecule has 1 N–H and O–H groups in total. The van der Waals surface area contributed by atoms with Crippen LogP contribution < -0.4 is 10.2 Å². The van der Waals surface area contributed by atoms with Crippen molar-refractivity contribution < 1.29 is 4.79 Å². The number of nitrogens with one attached hydrogen (secondary N) is 1. The van der Waals surface area contributed by atoms with Crippen LogP contribution in [0.15, 0.2) is 9.72 Å². The van der Waals surface area contributed by atoms with Gasteiger partial charge in [0.05, 0.1) is 5.69 Å². The van der Waals surface area contributed by atoms with Crippen LogP contribution in [-0.2, 0) is 10.5 Å². The molecule has 6 nitrogen and oxygen atoms in total. The Morgan fingerprint density at radius 1 is 1.45 bits per heavy atom. The van der Waals surface area contributed by atoms with E-state index in [1.165, 1.54) is 18.3 Å². The third-order valence-corrected chi connectivity index (χ3v) is 5.72. The maximum atomic E-state index is 11.3. The summed E-state index contributed by atoms with van der Waals surface area (Å²) in [6.07, 6.45) is 0. The lowest BCUT2D eigenvalue weighted by molar-refractivity contribution is -0.116. The van der Waals surface area contributed by atoms with Crippen molar-refractivity contribution in [3.8, 4) is 0 Å². The van der Waals surface area contributed by atoms with Gasteiger partial charge < -0.3 is 5.32 Å². The number of hydrogen-bond acceptors (Lipinski definition) is 8. The van der Waals surface area contributed by atoms with E-state index in [-0.39, 0.29) is 5.91 Å². The van der Waals surface area contributed by atoms with Gasteiger partial charge in [0.2, 0.25) is 11.0 Å². The highest BCUT2D eigenvalue weighted by molar-refractivity contribution is 8.00. The summed E-state index contributed by atoms with van der Waals surface area (Å²) in [5.74, 6) is 1.28. The summed E-state index contributed by atoms with van der Waals surface area (Å²) < 4.78 is 0.917. The second-order valence-electron chi connectivity index (χ2n) is 5.14. The Morgan fingerprint density at radius 2 is 2.23 bits per heavy atom. The van der Waals surface area contributed by atoms with Crippen LogP contribution in [0, 0.1) is 5.92 Å². The van der Waals surface area contributed by atoms with Crippen LogP contribution in [-0.4, -0.2) is 34.7 Å². The molecule has 0 aliphatic heterocycles. The zero-order valence-electron chi connectivity index (χ0n) is 13.0. The van der Waals surface area contributed by atoms with E-state index in [2.05, 4.69) is 34.3 Å². The Bertz CT molecular complexity index is 625. The number of thiazole rings is 1. The molecule has 22 heavy (non-hydrogen) atoms. The zero-order valence-corrected chi connectivity index (χ0v) is 15.4. The van der Waals surface area contributed by atoms with Crippen molar-refractivity contribution in [1.82, 2.24) is 15.2 Å². The van der Waals surface area contributed by atoms with E-state index >= 15 is 0 Å². The lowest BCUT2D eigenvalue weighted by Crippen LogP contribution is -2.22. The number of anilines is 2. The largest absolute Gasteiger partial charge is 0.360 e. The van der Waals surface area contributed by atoms with Gasteiger partial charge in [-0.25, -0.2) is 4.98 Å². The number of amides is 1. The third-order valence-electron chi connectivity index (χ3n) is 2.71. The molecule has 2 heterocycles. The van der Waals surface area contributed by atoms with E-state index < -0.39 is 0 Å². The van der Waals surface area contributed by atoms with Crippen LogP contribution in [0.3, 0.4) is 0 Å². The molecule has 2 aromatic heterocycles. The molecule has 0 saturated heterocycles. The molecule has 120 valence electrons. The minimum Gasteiger partial charge on any atom is -0.360 e. The second-order valence-corrected chi connectivity index (χ2v) is 8.17. The van der Waals surface area contributed by atoms with E-state index in [0.29, 0.717) is 5.92 Å². The zero-order chi connectivity index (χ0) is 16.1. The number of rotatable bonds is 7. The van der Waals surface area contributed by atoms with Crippen LogP contribution >= 0.6 is 34.4 Å². The molecule has 2 rings (SSSR count). The monoisotopic (exact) mass is 357 g/mol. The number of carbonyl (C=O) groups excluding carboxylic acids is 1. The van der Waals surface area contributed by atoms with Crippen LogP contribution in [0.25, 0.3) is 0 Å². The normalized spacial score (nSPS) is 11.0. The second kappa shape index (κ2) is 7.89. The average molecular weight is 358 g/mol. The molecule has 0 unspecified atom stereocenters. The van der Waals surface area contributed by atoms with Crippen LogP contribution in [0.5, 0.6) is 0 Å². The highest BCUT2D eigenvalue weighted by Gasteiger charge is 2.11. The Kier molecular flexibility index (Phi) is 6.16. The molecule has 9 heteroatoms. The minimum atomic E-state index is -0.0152. The van der Waals surface area contributed by atoms with Crippen molar-refractivity contribution in [2.24, 2.45) is 5.92 Å². The number of aromatic nitrogens is 3. The molecule has 2 aromatic rings. The standard InChI is InChI=1S/C13H19N5OS3/c1-8(2)5-14-11-16-17-13(22-11)21-7-10-6-20-12(15-10)18(4)9(3)19/h6,8H,5,7H2,1-4H3,(H,14,16). The molecule has 0 radical (unpaired) electrons. The molecule has 0 fully saturated rings. The first-order chi connectivity index (χ1) is 10.5. The van der Waals surface area contributed by atoms with Crippen LogP contribution in [0.2, 0.25) is 0 Å². The molecule has 0 spiro atoms. The summed E-state index contributed by atoms with van der Waals surface area (Å²) in [5, 5.41) is 15.1. The highest BCUT2D eigenvalue weighted by Crippen LogP contribution is 2.30. The average Bonchev–Trinajstić information content (AvgIpc) is 3.11. The number of hydrogen-bond donors (Lipinski definition) is 1. The van der Waals surface area contributed by atoms with Crippen molar-refractivity contribution in [1.29, 1.82) is 0 Å². The predicted molar refractivity (Wildman–Crippen MR) is 94.0 cm³/mol. The van der Waals surface area contributed by atoms with Gasteiger partial charge in [0.25, 0.3) is 0 Å². The van der Waals surface area contributed by atoms with Crippen molar-refractivity contribution in [2.75, 3.05) is 23.8 Å². The molecule has 0 bridgehead atoms. The first-order valence-corrected chi connectivity index (χ1v) is 9.52. The molecule has 0 atom stereocenters. The summed E-state index contributed by atoms with van der Waals surface area (Å²) in [6, 6.07) is 0. The summed E-state index contributed by atoms with van der Waals surface area (Å²) in [6.45, 7) is 6.73. The fraction of sp³-hybridized carbons (Fsp3) is 0.538. The Morgan fingerprint density at radius 3 is 2.91 bits per heavy atom. The molecule has 0 aromatic carbocycles. The molecular formula is C13H19N5OS3. The molecule has 0 aliphatic carbocycles. The van der Waals surface area contributed by atoms with Crippen LogP contribution in [0.4, 0.5) is 10.3 Å². The van der Waals surface area contributed by atoms with E-state index in [0.717, 1.165) is 32.6 Å². The maximum Gasteiger partial charge on any atom is 0.225 e. The van der Waals surface area contributed by atoms with Gasteiger partial charge in [-0.05, 0) is 5.92 Å². The SMILES string of the molecule is CC(=O)N(C)c1nc(CSc2nnc(NCC(C)C)s2)cs1.